The molecular weight excluding hydrogens is 320 g/mol. The Bertz CT molecular complexity index is 922. The summed E-state index contributed by atoms with van der Waals surface area (Å²) < 4.78 is 1.78. The number of nitrogens with one attached hydrogen (secondary N) is 1. The van der Waals surface area contributed by atoms with E-state index in [0.29, 0.717) is 5.82 Å². The summed E-state index contributed by atoms with van der Waals surface area (Å²) in [5.41, 5.74) is 2.52. The van der Waals surface area contributed by atoms with E-state index in [9.17, 15) is 0 Å². The van der Waals surface area contributed by atoms with Crippen LogP contribution in [-0.4, -0.2) is 33.4 Å². The van der Waals surface area contributed by atoms with Crippen LogP contribution in [0.15, 0.2) is 58.1 Å². The second-order valence-electron chi connectivity index (χ2n) is 5.39. The van der Waals surface area contributed by atoms with Gasteiger partial charge in [-0.05, 0) is 29.6 Å². The summed E-state index contributed by atoms with van der Waals surface area (Å²) in [6, 6.07) is 9.76. The van der Waals surface area contributed by atoms with Crippen LogP contribution in [-0.2, 0) is 7.05 Å². The van der Waals surface area contributed by atoms with Crippen molar-refractivity contribution in [1.82, 2.24) is 20.1 Å². The summed E-state index contributed by atoms with van der Waals surface area (Å²) in [4.78, 5) is 15.3. The summed E-state index contributed by atoms with van der Waals surface area (Å²) in [5.74, 6) is 1.44. The molecule has 24 heavy (non-hydrogen) atoms. The SMILES string of the molecule is CNC1=Nc2ncccc2C(c2ccn(C)n2)=NC1c1cccs1. The number of rotatable bonds is 2. The molecule has 1 atom stereocenters. The van der Waals surface area contributed by atoms with Gasteiger partial charge >= 0.3 is 0 Å². The topological polar surface area (TPSA) is 67.5 Å². The zero-order valence-corrected chi connectivity index (χ0v) is 14.2. The smallest absolute Gasteiger partial charge is 0.163 e. The van der Waals surface area contributed by atoms with E-state index in [1.54, 1.807) is 22.2 Å². The van der Waals surface area contributed by atoms with Gasteiger partial charge in [0, 0.05) is 36.9 Å². The van der Waals surface area contributed by atoms with Crippen molar-refractivity contribution in [3.8, 4) is 0 Å². The van der Waals surface area contributed by atoms with Gasteiger partial charge in [0.2, 0.25) is 0 Å². The Morgan fingerprint density at radius 3 is 2.83 bits per heavy atom. The van der Waals surface area contributed by atoms with Crippen molar-refractivity contribution >= 4 is 28.7 Å². The van der Waals surface area contributed by atoms with Gasteiger partial charge in [-0.2, -0.15) is 5.10 Å². The fourth-order valence-electron chi connectivity index (χ4n) is 2.69. The Morgan fingerprint density at radius 2 is 2.12 bits per heavy atom. The molecule has 4 rings (SSSR count). The number of aliphatic imine (C=N–C) groups is 2. The van der Waals surface area contributed by atoms with E-state index < -0.39 is 0 Å². The van der Waals surface area contributed by atoms with E-state index in [0.717, 1.165) is 27.7 Å². The zero-order valence-electron chi connectivity index (χ0n) is 13.3. The minimum atomic E-state index is -0.193. The maximum atomic E-state index is 5.01. The first-order valence-corrected chi connectivity index (χ1v) is 8.47. The molecule has 0 fully saturated rings. The van der Waals surface area contributed by atoms with Gasteiger partial charge < -0.3 is 5.32 Å². The van der Waals surface area contributed by atoms with Crippen molar-refractivity contribution in [3.63, 3.8) is 0 Å². The maximum absolute atomic E-state index is 5.01. The highest BCUT2D eigenvalue weighted by atomic mass is 32.1. The number of nitrogens with zero attached hydrogens (tertiary/aromatic N) is 5. The molecule has 0 radical (unpaired) electrons. The highest BCUT2D eigenvalue weighted by Gasteiger charge is 2.26. The Kier molecular flexibility index (Phi) is 3.70. The van der Waals surface area contributed by atoms with Gasteiger partial charge in [0.25, 0.3) is 0 Å². The normalized spacial score (nSPS) is 16.8. The van der Waals surface area contributed by atoms with Crippen LogP contribution in [0.5, 0.6) is 0 Å². The second kappa shape index (κ2) is 6.01. The van der Waals surface area contributed by atoms with Crippen molar-refractivity contribution in [2.45, 2.75) is 6.04 Å². The number of aryl methyl sites for hydroxylation is 1. The number of thiophene rings is 1. The molecule has 0 saturated heterocycles. The number of aromatic nitrogens is 3. The van der Waals surface area contributed by atoms with Crippen LogP contribution in [0.2, 0.25) is 0 Å². The summed E-state index contributed by atoms with van der Waals surface area (Å²) in [6.07, 6.45) is 3.66. The molecular formula is C17H16N6S. The lowest BCUT2D eigenvalue weighted by molar-refractivity contribution is 0.764. The molecule has 1 aliphatic rings. The van der Waals surface area contributed by atoms with Gasteiger partial charge in [-0.25, -0.2) is 9.98 Å². The molecule has 1 unspecified atom stereocenters. The van der Waals surface area contributed by atoms with Crippen LogP contribution >= 0.6 is 11.3 Å². The molecule has 4 heterocycles. The molecule has 0 aromatic carbocycles. The molecule has 120 valence electrons. The van der Waals surface area contributed by atoms with Crippen molar-refractivity contribution in [2.75, 3.05) is 7.05 Å². The van der Waals surface area contributed by atoms with Crippen LogP contribution in [0.1, 0.15) is 22.2 Å². The second-order valence-corrected chi connectivity index (χ2v) is 6.37. The van der Waals surface area contributed by atoms with Crippen LogP contribution in [0.25, 0.3) is 0 Å². The van der Waals surface area contributed by atoms with Crippen LogP contribution in [0.3, 0.4) is 0 Å². The monoisotopic (exact) mass is 336 g/mol. The summed E-state index contributed by atoms with van der Waals surface area (Å²) in [6.45, 7) is 0. The number of amidine groups is 1. The Balaban J connectivity index is 1.96. The Hall–Kier alpha value is -2.80. The molecule has 0 amide bonds. The van der Waals surface area contributed by atoms with E-state index in [2.05, 4.69) is 26.8 Å². The first-order chi connectivity index (χ1) is 11.8. The molecule has 3 aromatic rings. The fourth-order valence-corrected chi connectivity index (χ4v) is 3.45. The van der Waals surface area contributed by atoms with Gasteiger partial charge in [-0.1, -0.05) is 6.07 Å². The third kappa shape index (κ3) is 2.52. The number of hydrogen-bond acceptors (Lipinski definition) is 6. The van der Waals surface area contributed by atoms with Gasteiger partial charge in [0.15, 0.2) is 5.82 Å². The van der Waals surface area contributed by atoms with Crippen LogP contribution < -0.4 is 5.32 Å². The minimum absolute atomic E-state index is 0.193. The van der Waals surface area contributed by atoms with Crippen LogP contribution in [0, 0.1) is 0 Å². The molecule has 1 N–H and O–H groups in total. The largest absolute Gasteiger partial charge is 0.374 e. The molecule has 6 nitrogen and oxygen atoms in total. The van der Waals surface area contributed by atoms with E-state index in [4.69, 9.17) is 9.98 Å². The molecule has 7 heteroatoms. The van der Waals surface area contributed by atoms with Gasteiger partial charge in [0.1, 0.15) is 17.6 Å². The average molecular weight is 336 g/mol. The average Bonchev–Trinajstić information content (AvgIpc) is 3.24. The maximum Gasteiger partial charge on any atom is 0.163 e. The minimum Gasteiger partial charge on any atom is -0.374 e. The highest BCUT2D eigenvalue weighted by molar-refractivity contribution is 7.10. The standard InChI is InChI=1S/C17H16N6S/c1-18-17-15(13-6-4-10-24-13)20-14(12-7-9-23(2)22-12)11-5-3-8-19-16(11)21-17/h3-10,15H,1-2H3,(H,18,19,21). The molecule has 0 aliphatic carbocycles. The third-order valence-electron chi connectivity index (χ3n) is 3.81. The number of likely N-dealkylation sites (N-methyl/N-ethyl adjacent to an activating group) is 1. The van der Waals surface area contributed by atoms with Crippen molar-refractivity contribution in [3.05, 3.63) is 64.2 Å². The lowest BCUT2D eigenvalue weighted by Crippen LogP contribution is -2.24. The Labute approximate surface area is 143 Å². The van der Waals surface area contributed by atoms with Crippen molar-refractivity contribution < 1.29 is 0 Å². The lowest BCUT2D eigenvalue weighted by Gasteiger charge is -2.12. The summed E-state index contributed by atoms with van der Waals surface area (Å²) >= 11 is 1.67. The van der Waals surface area contributed by atoms with Gasteiger partial charge in [0.05, 0.1) is 5.71 Å². The predicted molar refractivity (Wildman–Crippen MR) is 96.3 cm³/mol. The van der Waals surface area contributed by atoms with E-state index in [-0.39, 0.29) is 6.04 Å². The van der Waals surface area contributed by atoms with Gasteiger partial charge in [-0.3, -0.25) is 9.67 Å². The molecule has 1 aliphatic heterocycles. The van der Waals surface area contributed by atoms with E-state index in [1.165, 1.54) is 0 Å². The summed E-state index contributed by atoms with van der Waals surface area (Å²) in [7, 11) is 3.76. The quantitative estimate of drug-likeness (QED) is 0.782. The lowest BCUT2D eigenvalue weighted by atomic mass is 10.1. The highest BCUT2D eigenvalue weighted by Crippen LogP contribution is 2.31. The van der Waals surface area contributed by atoms with Crippen molar-refractivity contribution in [1.29, 1.82) is 0 Å². The first-order valence-electron chi connectivity index (χ1n) is 7.59. The van der Waals surface area contributed by atoms with Crippen LogP contribution in [0.4, 0.5) is 5.82 Å². The van der Waals surface area contributed by atoms with Crippen molar-refractivity contribution in [2.24, 2.45) is 17.0 Å². The third-order valence-corrected chi connectivity index (χ3v) is 4.74. The molecule has 0 bridgehead atoms. The zero-order chi connectivity index (χ0) is 16.5. The molecule has 0 spiro atoms. The number of fused-ring (bicyclic) bond motifs is 1. The molecule has 0 saturated carbocycles. The first kappa shape index (κ1) is 14.8. The number of hydrogen-bond donors (Lipinski definition) is 1. The fraction of sp³-hybridized carbons (Fsp3) is 0.176. The van der Waals surface area contributed by atoms with Gasteiger partial charge in [-0.15, -0.1) is 11.3 Å². The van der Waals surface area contributed by atoms with E-state index >= 15 is 0 Å². The molecule has 3 aromatic heterocycles. The number of pyridine rings is 1. The van der Waals surface area contributed by atoms with E-state index in [1.807, 2.05) is 44.6 Å². The predicted octanol–water partition coefficient (Wildman–Crippen LogP) is 2.72. The Morgan fingerprint density at radius 1 is 1.21 bits per heavy atom. The summed E-state index contributed by atoms with van der Waals surface area (Å²) in [5, 5.41) is 9.77.